The first-order valence-corrected chi connectivity index (χ1v) is 27.9. The molecule has 1 fully saturated rings. The van der Waals surface area contributed by atoms with Gasteiger partial charge in [0.25, 0.3) is 5.91 Å². The SMILES string of the molecule is CC.CCc1nc(C)oc1C(=O)Nc1nc2cc(C(N)=O)cc(OC)c2n1C/C=C/Cn1c2nc(-c3cc(C)nn3CC)ncc2c2cc(C=O)cc(OCCC3CN(C(=O)CCN(C)C(=O)CC(C=O)SCC(N)C(=O)O)C3)c21.CN. The van der Waals surface area contributed by atoms with E-state index in [-0.39, 0.29) is 79.8 Å². The number of carbonyl (C=O) groups is 7. The highest BCUT2D eigenvalue weighted by molar-refractivity contribution is 8.00. The third kappa shape index (κ3) is 14.3. The number of aldehydes is 2. The number of oxazole rings is 1. The summed E-state index contributed by atoms with van der Waals surface area (Å²) in [5, 5.41) is 17.1. The zero-order valence-corrected chi connectivity index (χ0v) is 48.4. The van der Waals surface area contributed by atoms with Crippen molar-refractivity contribution < 1.29 is 52.6 Å². The molecule has 26 heteroatoms. The number of nitrogens with one attached hydrogen (secondary N) is 1. The Balaban J connectivity index is 0.00000264. The van der Waals surface area contributed by atoms with Gasteiger partial charge in [-0.2, -0.15) is 5.10 Å². The van der Waals surface area contributed by atoms with Crippen LogP contribution in [0.3, 0.4) is 0 Å². The van der Waals surface area contributed by atoms with E-state index < -0.39 is 29.1 Å². The van der Waals surface area contributed by atoms with Gasteiger partial charge in [0, 0.05) is 99.9 Å². The zero-order chi connectivity index (χ0) is 59.9. The maximum atomic E-state index is 13.7. The molecule has 0 bridgehead atoms. The van der Waals surface area contributed by atoms with E-state index in [1.165, 1.54) is 31.2 Å². The van der Waals surface area contributed by atoms with Gasteiger partial charge in [0.05, 0.1) is 41.4 Å². The van der Waals surface area contributed by atoms with Crippen LogP contribution in [0.2, 0.25) is 0 Å². The smallest absolute Gasteiger partial charge is 0.321 e. The number of nitrogens with zero attached hydrogens (tertiary/aromatic N) is 10. The maximum absolute atomic E-state index is 13.7. The lowest BCUT2D eigenvalue weighted by Crippen LogP contribution is -2.51. The second-order valence-corrected chi connectivity index (χ2v) is 20.1. The highest BCUT2D eigenvalue weighted by Gasteiger charge is 2.31. The molecule has 0 saturated carbocycles. The summed E-state index contributed by atoms with van der Waals surface area (Å²) in [6.45, 7) is 13.8. The summed E-state index contributed by atoms with van der Waals surface area (Å²) >= 11 is 1.00. The summed E-state index contributed by atoms with van der Waals surface area (Å²) < 4.78 is 23.5. The standard InChI is InChI=1S/C53H61N13O11S.C2H6.CH5N/c1-7-38-47(77-30(4)57-38)51(72)60-53-58-39-20-33(48(55)71)21-41(75-6)46(39)65(53)14-10-9-13-64-45-35(36-23-56-49(59-50(36)64)40-17-29(3)61-66(40)8-2)18-32(26-67)19-42(45)76-16-12-31-24-63(25-31)43(69)11-15-62(5)44(70)22-34(27-68)78-28-37(54)52(73)74;2*1-2/h9-10,17-21,23,26-27,31,34,37H,7-8,11-16,22,24-25,28,54H2,1-6H3,(H2,55,71)(H,73,74)(H,58,60,72);1-2H3;2H2,1H3/b10-9+;;. The van der Waals surface area contributed by atoms with Crippen LogP contribution < -0.4 is 32.0 Å². The number of primary amides is 1. The lowest BCUT2D eigenvalue weighted by atomic mass is 9.96. The normalized spacial score (nSPS) is 13.0. The second kappa shape index (κ2) is 28.8. The lowest BCUT2D eigenvalue weighted by molar-refractivity contribution is -0.139. The number of anilines is 1. The van der Waals surface area contributed by atoms with Crippen molar-refractivity contribution in [1.82, 2.24) is 48.7 Å². The number of methoxy groups -OCH3 is 1. The van der Waals surface area contributed by atoms with E-state index >= 15 is 0 Å². The summed E-state index contributed by atoms with van der Waals surface area (Å²) in [5.41, 5.74) is 20.3. The number of carbonyl (C=O) groups excluding carboxylic acids is 6. The predicted molar refractivity (Wildman–Crippen MR) is 311 cm³/mol. The number of carboxylic acids is 1. The molecule has 438 valence electrons. The van der Waals surface area contributed by atoms with Crippen molar-refractivity contribution in [3.05, 3.63) is 82.8 Å². The largest absolute Gasteiger partial charge is 0.494 e. The van der Waals surface area contributed by atoms with Crippen LogP contribution in [0.15, 0.2) is 53.1 Å². The molecule has 2 unspecified atom stereocenters. The highest BCUT2D eigenvalue weighted by atomic mass is 32.2. The van der Waals surface area contributed by atoms with Gasteiger partial charge in [-0.25, -0.2) is 19.9 Å². The number of ether oxygens (including phenoxy) is 2. The van der Waals surface area contributed by atoms with Crippen LogP contribution in [-0.2, 0) is 45.2 Å². The van der Waals surface area contributed by atoms with Crippen molar-refractivity contribution in [3.63, 3.8) is 0 Å². The topological polar surface area (TPSA) is 347 Å². The minimum Gasteiger partial charge on any atom is -0.494 e. The Morgan fingerprint density at radius 3 is 2.33 bits per heavy atom. The number of thioether (sulfide) groups is 1. The average Bonchev–Trinajstić information content (AvgIpc) is 4.25. The number of allylic oxidation sites excluding steroid dienone is 2. The molecule has 8 N–H and O–H groups in total. The van der Waals surface area contributed by atoms with Crippen molar-refractivity contribution in [2.24, 2.45) is 23.1 Å². The number of aliphatic carboxylic acids is 1. The van der Waals surface area contributed by atoms with E-state index in [0.717, 1.165) is 29.4 Å². The van der Waals surface area contributed by atoms with Gasteiger partial charge >= 0.3 is 5.97 Å². The van der Waals surface area contributed by atoms with Crippen LogP contribution in [0.4, 0.5) is 5.95 Å². The van der Waals surface area contributed by atoms with Gasteiger partial charge in [-0.3, -0.25) is 38.8 Å². The number of aryl methyl sites for hydroxylation is 4. The number of likely N-dealkylation sites (tertiary alicyclic amines) is 1. The molecule has 82 heavy (non-hydrogen) atoms. The third-order valence-electron chi connectivity index (χ3n) is 13.4. The average molecular weight is 1150 g/mol. The number of hydrogen-bond donors (Lipinski definition) is 5. The monoisotopic (exact) mass is 1150 g/mol. The first-order valence-electron chi connectivity index (χ1n) is 26.9. The predicted octanol–water partition coefficient (Wildman–Crippen LogP) is 5.19. The minimum atomic E-state index is -1.20. The molecule has 8 rings (SSSR count). The van der Waals surface area contributed by atoms with Crippen LogP contribution in [0.25, 0.3) is 44.5 Å². The van der Waals surface area contributed by atoms with Gasteiger partial charge in [0.1, 0.15) is 47.0 Å². The fraction of sp³-hybridized carbons (Fsp3) is 0.429. The van der Waals surface area contributed by atoms with E-state index in [2.05, 4.69) is 21.1 Å². The van der Waals surface area contributed by atoms with E-state index in [4.69, 9.17) is 45.4 Å². The molecule has 7 aromatic rings. The summed E-state index contributed by atoms with van der Waals surface area (Å²) in [6, 6.07) is 7.26. The molecule has 1 aliphatic heterocycles. The van der Waals surface area contributed by atoms with Crippen molar-refractivity contribution in [2.45, 2.75) is 98.2 Å². The van der Waals surface area contributed by atoms with E-state index in [9.17, 15) is 33.6 Å². The van der Waals surface area contributed by atoms with Gasteiger partial charge in [0.15, 0.2) is 11.7 Å². The molecule has 0 aliphatic carbocycles. The van der Waals surface area contributed by atoms with Crippen LogP contribution in [0.5, 0.6) is 11.5 Å². The molecule has 2 aromatic carbocycles. The summed E-state index contributed by atoms with van der Waals surface area (Å²) in [4.78, 5) is 109. The molecule has 5 aromatic heterocycles. The Morgan fingerprint density at radius 1 is 0.963 bits per heavy atom. The molecule has 1 aliphatic rings. The first kappa shape index (κ1) is 62.7. The fourth-order valence-electron chi connectivity index (χ4n) is 9.25. The fourth-order valence-corrected chi connectivity index (χ4v) is 10.2. The number of aromatic nitrogens is 8. The van der Waals surface area contributed by atoms with Crippen molar-refractivity contribution >= 4 is 92.9 Å². The quantitative estimate of drug-likeness (QED) is 0.0344. The number of nitrogens with two attached hydrogens (primary N) is 3. The summed E-state index contributed by atoms with van der Waals surface area (Å²) in [7, 11) is 4.51. The number of hydrogen-bond acceptors (Lipinski definition) is 18. The molecule has 1 saturated heterocycles. The molecule has 2 atom stereocenters. The van der Waals surface area contributed by atoms with Crippen molar-refractivity contribution in [1.29, 1.82) is 0 Å². The van der Waals surface area contributed by atoms with Gasteiger partial charge < -0.3 is 59.9 Å². The Morgan fingerprint density at radius 2 is 1.68 bits per heavy atom. The van der Waals surface area contributed by atoms with Gasteiger partial charge in [-0.15, -0.1) is 11.8 Å². The Bertz CT molecular complexity index is 3490. The van der Waals surface area contributed by atoms with Crippen LogP contribution in [0.1, 0.15) is 95.5 Å². The van der Waals surface area contributed by atoms with Gasteiger partial charge in [0.2, 0.25) is 29.4 Å². The summed E-state index contributed by atoms with van der Waals surface area (Å²) in [6.07, 6.45) is 7.87. The highest BCUT2D eigenvalue weighted by Crippen LogP contribution is 2.37. The molecular weight excluding hydrogens is 1080 g/mol. The number of rotatable bonds is 26. The number of imidazole rings is 1. The molecule has 25 nitrogen and oxygen atoms in total. The third-order valence-corrected chi connectivity index (χ3v) is 14.6. The van der Waals surface area contributed by atoms with E-state index in [0.29, 0.717) is 106 Å². The Kier molecular flexibility index (Phi) is 22.0. The van der Waals surface area contributed by atoms with Gasteiger partial charge in [-0.05, 0) is 70.0 Å². The first-order chi connectivity index (χ1) is 39.4. The Hall–Kier alpha value is -8.49. The van der Waals surface area contributed by atoms with Crippen molar-refractivity contribution in [3.8, 4) is 23.0 Å². The molecule has 6 heterocycles. The Labute approximate surface area is 477 Å². The molecule has 0 spiro atoms. The van der Waals surface area contributed by atoms with Crippen LogP contribution in [0, 0.1) is 19.8 Å². The second-order valence-electron chi connectivity index (χ2n) is 18.8. The lowest BCUT2D eigenvalue weighted by Gasteiger charge is -2.39. The van der Waals surface area contributed by atoms with Crippen LogP contribution >= 0.6 is 11.8 Å². The van der Waals surface area contributed by atoms with Crippen LogP contribution in [-0.4, -0.2) is 160 Å². The zero-order valence-electron chi connectivity index (χ0n) is 47.6. The number of fused-ring (bicyclic) bond motifs is 4. The number of carboxylic acid groups (broad SMARTS) is 1. The maximum Gasteiger partial charge on any atom is 0.321 e. The number of amides is 4. The minimum absolute atomic E-state index is 0.0249. The molecule has 0 radical (unpaired) electrons. The summed E-state index contributed by atoms with van der Waals surface area (Å²) in [5.74, 6) is -1.11. The van der Waals surface area contributed by atoms with Gasteiger partial charge in [-0.1, -0.05) is 32.9 Å². The van der Waals surface area contributed by atoms with E-state index in [1.807, 2.05) is 62.1 Å². The van der Waals surface area contributed by atoms with E-state index in [1.54, 1.807) is 41.8 Å². The number of benzene rings is 2. The molecular formula is C56H72N14O11S. The van der Waals surface area contributed by atoms with Crippen molar-refractivity contribution in [2.75, 3.05) is 58.5 Å². The molecule has 4 amide bonds.